The predicted molar refractivity (Wildman–Crippen MR) is 97.1 cm³/mol. The summed E-state index contributed by atoms with van der Waals surface area (Å²) >= 11 is 0. The molecule has 5 heteroatoms. The van der Waals surface area contributed by atoms with Gasteiger partial charge in [-0.3, -0.25) is 0 Å². The number of para-hydroxylation sites is 1. The number of aromatic nitrogens is 2. The maximum atomic E-state index is 6.34. The number of piperidine rings is 1. The zero-order valence-corrected chi connectivity index (χ0v) is 14.5. The summed E-state index contributed by atoms with van der Waals surface area (Å²) in [5.41, 5.74) is 6.68. The van der Waals surface area contributed by atoms with Gasteiger partial charge >= 0.3 is 0 Å². The lowest BCUT2D eigenvalue weighted by atomic mass is 10.1. The van der Waals surface area contributed by atoms with E-state index < -0.39 is 0 Å². The van der Waals surface area contributed by atoms with Crippen LogP contribution < -0.4 is 10.5 Å². The predicted octanol–water partition coefficient (Wildman–Crippen LogP) is 2.76. The molecule has 1 aromatic heterocycles. The second-order valence-corrected chi connectivity index (χ2v) is 6.56. The van der Waals surface area contributed by atoms with Crippen LogP contribution in [0.5, 0.6) is 5.75 Å². The highest BCUT2D eigenvalue weighted by atomic mass is 16.5. The molecule has 1 fully saturated rings. The molecule has 1 aliphatic rings. The van der Waals surface area contributed by atoms with Gasteiger partial charge in [-0.05, 0) is 51.4 Å². The van der Waals surface area contributed by atoms with Crippen molar-refractivity contribution < 1.29 is 4.74 Å². The number of hydrogen-bond acceptors (Lipinski definition) is 4. The molecule has 1 aliphatic heterocycles. The summed E-state index contributed by atoms with van der Waals surface area (Å²) in [4.78, 5) is 6.93. The largest absolute Gasteiger partial charge is 0.490 e. The fraction of sp³-hybridized carbons (Fsp3) is 0.526. The molecular formula is C19H28N4O. The Morgan fingerprint density at radius 3 is 2.79 bits per heavy atom. The number of rotatable bonds is 7. The number of imidazole rings is 1. The number of ether oxygens (including phenoxy) is 1. The van der Waals surface area contributed by atoms with Gasteiger partial charge in [0.05, 0.1) is 5.56 Å². The summed E-state index contributed by atoms with van der Waals surface area (Å²) in [6.45, 7) is 3.87. The van der Waals surface area contributed by atoms with Crippen LogP contribution in [-0.2, 0) is 6.54 Å². The van der Waals surface area contributed by atoms with E-state index in [0.717, 1.165) is 69.0 Å². The Hall–Kier alpha value is -1.85. The second kappa shape index (κ2) is 8.31. The zero-order chi connectivity index (χ0) is 16.8. The van der Waals surface area contributed by atoms with Gasteiger partial charge in [0.25, 0.3) is 0 Å². The van der Waals surface area contributed by atoms with Crippen molar-refractivity contribution in [3.8, 4) is 17.1 Å². The lowest BCUT2D eigenvalue weighted by Gasteiger charge is -2.29. The average molecular weight is 328 g/mol. The van der Waals surface area contributed by atoms with Gasteiger partial charge in [-0.2, -0.15) is 0 Å². The molecule has 0 unspecified atom stereocenters. The summed E-state index contributed by atoms with van der Waals surface area (Å²) in [6, 6.07) is 8.25. The van der Waals surface area contributed by atoms with Crippen LogP contribution in [0.4, 0.5) is 0 Å². The minimum absolute atomic E-state index is 0.294. The summed E-state index contributed by atoms with van der Waals surface area (Å²) in [6.07, 6.45) is 8.46. The van der Waals surface area contributed by atoms with E-state index in [-0.39, 0.29) is 0 Å². The molecule has 0 amide bonds. The standard InChI is InChI=1S/C19H28N4O/c1-22-13-8-16(9-14-22)24-18-7-3-2-6-17(18)19-21-11-15-23(19)12-5-4-10-20/h2-3,6-7,11,15-16H,4-5,8-10,12-14,20H2,1H3. The van der Waals surface area contributed by atoms with Crippen molar-refractivity contribution in [1.82, 2.24) is 14.5 Å². The molecule has 0 atom stereocenters. The number of likely N-dealkylation sites (tertiary alicyclic amines) is 1. The molecule has 0 radical (unpaired) electrons. The highest BCUT2D eigenvalue weighted by Crippen LogP contribution is 2.31. The number of nitrogens with two attached hydrogens (primary N) is 1. The first-order valence-electron chi connectivity index (χ1n) is 8.93. The SMILES string of the molecule is CN1CCC(Oc2ccccc2-c2nccn2CCCCN)CC1. The third kappa shape index (κ3) is 4.16. The Morgan fingerprint density at radius 1 is 1.21 bits per heavy atom. The molecule has 5 nitrogen and oxygen atoms in total. The highest BCUT2D eigenvalue weighted by Gasteiger charge is 2.20. The normalized spacial score (nSPS) is 16.4. The minimum Gasteiger partial charge on any atom is -0.490 e. The molecule has 0 bridgehead atoms. The first-order chi connectivity index (χ1) is 11.8. The van der Waals surface area contributed by atoms with E-state index in [9.17, 15) is 0 Å². The van der Waals surface area contributed by atoms with Crippen molar-refractivity contribution >= 4 is 0 Å². The van der Waals surface area contributed by atoms with Gasteiger partial charge in [0.1, 0.15) is 17.7 Å². The van der Waals surface area contributed by atoms with Crippen LogP contribution in [0.2, 0.25) is 0 Å². The van der Waals surface area contributed by atoms with Crippen LogP contribution in [0.15, 0.2) is 36.7 Å². The van der Waals surface area contributed by atoms with E-state index in [1.54, 1.807) is 0 Å². The Balaban J connectivity index is 1.76. The molecule has 2 N–H and O–H groups in total. The van der Waals surface area contributed by atoms with Crippen molar-refractivity contribution in [3.05, 3.63) is 36.7 Å². The molecule has 0 spiro atoms. The Labute approximate surface area is 144 Å². The van der Waals surface area contributed by atoms with Gasteiger partial charge in [-0.1, -0.05) is 12.1 Å². The lowest BCUT2D eigenvalue weighted by Crippen LogP contribution is -2.35. The molecule has 3 rings (SSSR count). The topological polar surface area (TPSA) is 56.3 Å². The molecule has 130 valence electrons. The van der Waals surface area contributed by atoms with Crippen molar-refractivity contribution in [2.45, 2.75) is 38.3 Å². The van der Waals surface area contributed by atoms with Crippen LogP contribution >= 0.6 is 0 Å². The fourth-order valence-corrected chi connectivity index (χ4v) is 3.20. The number of unbranched alkanes of at least 4 members (excludes halogenated alkanes) is 1. The maximum absolute atomic E-state index is 6.34. The monoisotopic (exact) mass is 328 g/mol. The molecule has 1 aromatic carbocycles. The smallest absolute Gasteiger partial charge is 0.143 e. The van der Waals surface area contributed by atoms with Crippen molar-refractivity contribution in [1.29, 1.82) is 0 Å². The number of nitrogens with zero attached hydrogens (tertiary/aromatic N) is 3. The summed E-state index contributed by atoms with van der Waals surface area (Å²) in [5, 5.41) is 0. The molecule has 2 heterocycles. The first kappa shape index (κ1) is 17.0. The quantitative estimate of drug-likeness (QED) is 0.794. The molecule has 0 saturated carbocycles. The number of benzene rings is 1. The first-order valence-corrected chi connectivity index (χ1v) is 8.93. The lowest BCUT2D eigenvalue weighted by molar-refractivity contribution is 0.115. The van der Waals surface area contributed by atoms with Crippen LogP contribution in [-0.4, -0.2) is 47.2 Å². The summed E-state index contributed by atoms with van der Waals surface area (Å²) < 4.78 is 8.54. The van der Waals surface area contributed by atoms with Gasteiger partial charge < -0.3 is 19.9 Å². The highest BCUT2D eigenvalue weighted by molar-refractivity contribution is 5.64. The molecule has 1 saturated heterocycles. The average Bonchev–Trinajstić information content (AvgIpc) is 3.06. The van der Waals surface area contributed by atoms with Crippen LogP contribution in [0.25, 0.3) is 11.4 Å². The van der Waals surface area contributed by atoms with Crippen molar-refractivity contribution in [2.24, 2.45) is 5.73 Å². The van der Waals surface area contributed by atoms with Gasteiger partial charge in [-0.15, -0.1) is 0 Å². The van der Waals surface area contributed by atoms with Gasteiger partial charge in [0.15, 0.2) is 0 Å². The molecular weight excluding hydrogens is 300 g/mol. The van der Waals surface area contributed by atoms with Gasteiger partial charge in [-0.25, -0.2) is 4.98 Å². The van der Waals surface area contributed by atoms with Crippen LogP contribution in [0.3, 0.4) is 0 Å². The van der Waals surface area contributed by atoms with Crippen LogP contribution in [0.1, 0.15) is 25.7 Å². The van der Waals surface area contributed by atoms with E-state index in [0.29, 0.717) is 6.10 Å². The maximum Gasteiger partial charge on any atom is 0.143 e. The fourth-order valence-electron chi connectivity index (χ4n) is 3.20. The van der Waals surface area contributed by atoms with E-state index in [1.807, 2.05) is 18.5 Å². The van der Waals surface area contributed by atoms with E-state index in [4.69, 9.17) is 10.5 Å². The number of hydrogen-bond donors (Lipinski definition) is 1. The Bertz CT molecular complexity index is 632. The van der Waals surface area contributed by atoms with Crippen molar-refractivity contribution in [2.75, 3.05) is 26.7 Å². The second-order valence-electron chi connectivity index (χ2n) is 6.56. The third-order valence-corrected chi connectivity index (χ3v) is 4.66. The van der Waals surface area contributed by atoms with E-state index in [2.05, 4.69) is 39.7 Å². The van der Waals surface area contributed by atoms with Crippen LogP contribution in [0, 0.1) is 0 Å². The van der Waals surface area contributed by atoms with E-state index in [1.165, 1.54) is 0 Å². The van der Waals surface area contributed by atoms with Gasteiger partial charge in [0, 0.05) is 32.0 Å². The van der Waals surface area contributed by atoms with Crippen molar-refractivity contribution in [3.63, 3.8) is 0 Å². The Morgan fingerprint density at radius 2 is 2.00 bits per heavy atom. The Kier molecular flexibility index (Phi) is 5.88. The molecule has 24 heavy (non-hydrogen) atoms. The summed E-state index contributed by atoms with van der Waals surface area (Å²) in [5.74, 6) is 1.92. The molecule has 2 aromatic rings. The molecule has 0 aliphatic carbocycles. The zero-order valence-electron chi connectivity index (χ0n) is 14.5. The minimum atomic E-state index is 0.294. The van der Waals surface area contributed by atoms with E-state index >= 15 is 0 Å². The third-order valence-electron chi connectivity index (χ3n) is 4.66. The number of aryl methyl sites for hydroxylation is 1. The van der Waals surface area contributed by atoms with Gasteiger partial charge in [0.2, 0.25) is 0 Å². The summed E-state index contributed by atoms with van der Waals surface area (Å²) in [7, 11) is 2.17.